The second-order valence-electron chi connectivity index (χ2n) is 6.24. The molecule has 12 heteroatoms. The molecule has 2 aromatic rings. The predicted molar refractivity (Wildman–Crippen MR) is 116 cm³/mol. The zero-order valence-corrected chi connectivity index (χ0v) is 19.4. The van der Waals surface area contributed by atoms with Gasteiger partial charge in [0.05, 0.1) is 22.8 Å². The smallest absolute Gasteiger partial charge is 0.341 e. The van der Waals surface area contributed by atoms with Gasteiger partial charge in [-0.05, 0) is 44.0 Å². The molecule has 0 spiro atoms. The molecule has 1 amide bonds. The Morgan fingerprint density at radius 3 is 2.42 bits per heavy atom. The summed E-state index contributed by atoms with van der Waals surface area (Å²) < 4.78 is 33.0. The molecule has 0 aliphatic carbocycles. The molecule has 168 valence electrons. The molecule has 1 heterocycles. The molecule has 0 unspecified atom stereocenters. The maximum atomic E-state index is 12.3. The molecule has 0 aliphatic heterocycles. The van der Waals surface area contributed by atoms with E-state index in [1.807, 2.05) is 6.92 Å². The van der Waals surface area contributed by atoms with Gasteiger partial charge in [-0.2, -0.15) is 0 Å². The number of hydrogen-bond acceptors (Lipinski definition) is 8. The van der Waals surface area contributed by atoms with Crippen molar-refractivity contribution in [1.82, 2.24) is 0 Å². The number of carbonyl (C=O) groups is 3. The van der Waals surface area contributed by atoms with Gasteiger partial charge in [-0.3, -0.25) is 4.79 Å². The zero-order chi connectivity index (χ0) is 23.3. The van der Waals surface area contributed by atoms with Crippen molar-refractivity contribution in [3.63, 3.8) is 0 Å². The number of esters is 2. The number of carbonyl (C=O) groups excluding carboxylic acids is 3. The molecule has 31 heavy (non-hydrogen) atoms. The second-order valence-corrected chi connectivity index (χ2v) is 9.29. The average molecular weight is 489 g/mol. The zero-order valence-electron chi connectivity index (χ0n) is 17.0. The number of sulfonamides is 1. The van der Waals surface area contributed by atoms with E-state index < -0.39 is 39.4 Å². The number of anilines is 1. The van der Waals surface area contributed by atoms with Crippen LogP contribution < -0.4 is 10.5 Å². The van der Waals surface area contributed by atoms with E-state index in [4.69, 9.17) is 26.2 Å². The Balaban J connectivity index is 2.13. The van der Waals surface area contributed by atoms with Crippen molar-refractivity contribution in [3.05, 3.63) is 44.8 Å². The van der Waals surface area contributed by atoms with E-state index in [-0.39, 0.29) is 22.8 Å². The molecule has 0 bridgehead atoms. The monoisotopic (exact) mass is 488 g/mol. The Morgan fingerprint density at radius 1 is 1.16 bits per heavy atom. The molecule has 0 fully saturated rings. The number of thiophene rings is 1. The minimum atomic E-state index is -4.14. The summed E-state index contributed by atoms with van der Waals surface area (Å²) in [5.41, 5.74) is 0.836. The predicted octanol–water partition coefficient (Wildman–Crippen LogP) is 2.89. The van der Waals surface area contributed by atoms with Crippen molar-refractivity contribution in [3.8, 4) is 0 Å². The van der Waals surface area contributed by atoms with Crippen LogP contribution in [0.4, 0.5) is 5.00 Å². The third kappa shape index (κ3) is 6.03. The van der Waals surface area contributed by atoms with Crippen LogP contribution in [-0.4, -0.2) is 39.5 Å². The second kappa shape index (κ2) is 10.2. The maximum absolute atomic E-state index is 12.3. The molecule has 1 aromatic heterocycles. The van der Waals surface area contributed by atoms with Gasteiger partial charge >= 0.3 is 11.9 Å². The average Bonchev–Trinajstić information content (AvgIpc) is 3.00. The fourth-order valence-corrected chi connectivity index (χ4v) is 4.88. The first-order valence-corrected chi connectivity index (χ1v) is 11.8. The van der Waals surface area contributed by atoms with Crippen LogP contribution in [-0.2, 0) is 30.7 Å². The molecule has 9 nitrogen and oxygen atoms in total. The van der Waals surface area contributed by atoms with Crippen LogP contribution in [0.15, 0.2) is 23.1 Å². The number of halogens is 1. The normalized spacial score (nSPS) is 11.1. The molecule has 1 aromatic carbocycles. The van der Waals surface area contributed by atoms with Crippen LogP contribution >= 0.6 is 22.9 Å². The van der Waals surface area contributed by atoms with E-state index in [2.05, 4.69) is 5.32 Å². The van der Waals surface area contributed by atoms with E-state index in [1.54, 1.807) is 13.8 Å². The highest BCUT2D eigenvalue weighted by Crippen LogP contribution is 2.34. The fourth-order valence-electron chi connectivity index (χ4n) is 2.66. The van der Waals surface area contributed by atoms with E-state index in [1.165, 1.54) is 23.5 Å². The third-order valence-corrected chi connectivity index (χ3v) is 6.85. The lowest BCUT2D eigenvalue weighted by atomic mass is 10.1. The Hall–Kier alpha value is -2.47. The first kappa shape index (κ1) is 24.8. The van der Waals surface area contributed by atoms with E-state index in [0.717, 1.165) is 16.5 Å². The molecule has 0 saturated heterocycles. The van der Waals surface area contributed by atoms with E-state index >= 15 is 0 Å². The Kier molecular flexibility index (Phi) is 8.18. The van der Waals surface area contributed by atoms with Crippen molar-refractivity contribution >= 4 is 55.8 Å². The van der Waals surface area contributed by atoms with Crippen LogP contribution in [0.3, 0.4) is 0 Å². The van der Waals surface area contributed by atoms with Gasteiger partial charge < -0.3 is 14.8 Å². The van der Waals surface area contributed by atoms with Crippen LogP contribution in [0.1, 0.15) is 45.0 Å². The number of aryl methyl sites for hydroxylation is 1. The van der Waals surface area contributed by atoms with Gasteiger partial charge in [0, 0.05) is 4.88 Å². The topological polar surface area (TPSA) is 142 Å². The number of benzene rings is 1. The molecule has 3 N–H and O–H groups in total. The largest absolute Gasteiger partial charge is 0.462 e. The Bertz CT molecular complexity index is 1130. The van der Waals surface area contributed by atoms with Gasteiger partial charge in [0.25, 0.3) is 5.91 Å². The maximum Gasteiger partial charge on any atom is 0.341 e. The number of nitrogens with two attached hydrogens (primary N) is 1. The van der Waals surface area contributed by atoms with Crippen molar-refractivity contribution in [1.29, 1.82) is 0 Å². The summed E-state index contributed by atoms with van der Waals surface area (Å²) in [5, 5.41) is 7.77. The molecular formula is C19H21ClN2O7S2. The number of primary sulfonamides is 1. The molecule has 0 atom stereocenters. The number of ether oxygens (including phenoxy) is 2. The SMILES string of the molecule is CCOC(=O)c1c(NC(=O)COC(=O)c2ccc(Cl)c(S(N)(=O)=O)c2)sc(CC)c1C. The van der Waals surface area contributed by atoms with Crippen LogP contribution in [0.2, 0.25) is 5.02 Å². The Labute approximate surface area is 188 Å². The Morgan fingerprint density at radius 2 is 1.84 bits per heavy atom. The summed E-state index contributed by atoms with van der Waals surface area (Å²) in [5.74, 6) is -2.18. The van der Waals surface area contributed by atoms with E-state index in [0.29, 0.717) is 11.4 Å². The van der Waals surface area contributed by atoms with Gasteiger partial charge in [0.1, 0.15) is 9.90 Å². The summed E-state index contributed by atoms with van der Waals surface area (Å²) in [6, 6.07) is 3.39. The lowest BCUT2D eigenvalue weighted by molar-refractivity contribution is -0.119. The van der Waals surface area contributed by atoms with Gasteiger partial charge in [-0.1, -0.05) is 18.5 Å². The van der Waals surface area contributed by atoms with E-state index in [9.17, 15) is 22.8 Å². The minimum absolute atomic E-state index is 0.145. The number of hydrogen-bond donors (Lipinski definition) is 2. The fraction of sp³-hybridized carbons (Fsp3) is 0.316. The molecule has 0 radical (unpaired) electrons. The summed E-state index contributed by atoms with van der Waals surface area (Å²) in [4.78, 5) is 37.2. The number of amides is 1. The van der Waals surface area contributed by atoms with Crippen LogP contribution in [0.5, 0.6) is 0 Å². The molecule has 2 rings (SSSR count). The standard InChI is InChI=1S/C19H21ClN2O7S2/c1-4-13-10(3)16(19(25)28-5-2)17(30-13)22-15(23)9-29-18(24)11-6-7-12(20)14(8-11)31(21,26)27/h6-8H,4-5,9H2,1-3H3,(H,22,23)(H2,21,26,27). The molecule has 0 aliphatic rings. The number of nitrogens with one attached hydrogen (secondary N) is 1. The van der Waals surface area contributed by atoms with Crippen molar-refractivity contribution in [2.45, 2.75) is 32.1 Å². The number of rotatable bonds is 8. The summed E-state index contributed by atoms with van der Waals surface area (Å²) in [6.07, 6.45) is 0.663. The lowest BCUT2D eigenvalue weighted by Gasteiger charge is -2.09. The molecular weight excluding hydrogens is 468 g/mol. The minimum Gasteiger partial charge on any atom is -0.462 e. The highest BCUT2D eigenvalue weighted by atomic mass is 35.5. The lowest BCUT2D eigenvalue weighted by Crippen LogP contribution is -2.22. The van der Waals surface area contributed by atoms with Gasteiger partial charge in [0.2, 0.25) is 10.0 Å². The van der Waals surface area contributed by atoms with Crippen molar-refractivity contribution < 1.29 is 32.3 Å². The van der Waals surface area contributed by atoms with Crippen LogP contribution in [0.25, 0.3) is 0 Å². The van der Waals surface area contributed by atoms with Crippen molar-refractivity contribution in [2.24, 2.45) is 5.14 Å². The van der Waals surface area contributed by atoms with Gasteiger partial charge in [0.15, 0.2) is 6.61 Å². The molecule has 0 saturated carbocycles. The first-order chi connectivity index (χ1) is 14.5. The quantitative estimate of drug-likeness (QED) is 0.544. The first-order valence-electron chi connectivity index (χ1n) is 9.08. The van der Waals surface area contributed by atoms with Gasteiger partial charge in [-0.25, -0.2) is 23.1 Å². The van der Waals surface area contributed by atoms with Gasteiger partial charge in [-0.15, -0.1) is 11.3 Å². The van der Waals surface area contributed by atoms with Crippen LogP contribution in [0, 0.1) is 6.92 Å². The summed E-state index contributed by atoms with van der Waals surface area (Å²) in [7, 11) is -4.14. The highest BCUT2D eigenvalue weighted by molar-refractivity contribution is 7.89. The summed E-state index contributed by atoms with van der Waals surface area (Å²) >= 11 is 7.02. The third-order valence-electron chi connectivity index (χ3n) is 4.11. The van der Waals surface area contributed by atoms with Crippen molar-refractivity contribution in [2.75, 3.05) is 18.5 Å². The summed E-state index contributed by atoms with van der Waals surface area (Å²) in [6.45, 7) is 4.88. The highest BCUT2D eigenvalue weighted by Gasteiger charge is 2.23.